The van der Waals surface area contributed by atoms with Gasteiger partial charge in [-0.2, -0.15) is 5.10 Å². The van der Waals surface area contributed by atoms with Crippen LogP contribution in [0.4, 0.5) is 4.39 Å². The van der Waals surface area contributed by atoms with Gasteiger partial charge < -0.3 is 14.6 Å². The van der Waals surface area contributed by atoms with E-state index in [9.17, 15) is 4.79 Å². The summed E-state index contributed by atoms with van der Waals surface area (Å²) in [5.41, 5.74) is 5.36. The minimum Gasteiger partial charge on any atom is -0.490 e. The summed E-state index contributed by atoms with van der Waals surface area (Å²) in [5, 5.41) is 16.2. The summed E-state index contributed by atoms with van der Waals surface area (Å²) < 4.78 is 27.6. The first-order valence-electron chi connectivity index (χ1n) is 12.7. The molecule has 1 aliphatic rings. The third-order valence-corrected chi connectivity index (χ3v) is 6.75. The van der Waals surface area contributed by atoms with E-state index in [4.69, 9.17) is 14.6 Å². The average molecular weight is 513 g/mol. The molecule has 0 amide bonds. The van der Waals surface area contributed by atoms with E-state index in [0.29, 0.717) is 36.1 Å². The van der Waals surface area contributed by atoms with E-state index < -0.39 is 5.97 Å². The summed E-state index contributed by atoms with van der Waals surface area (Å²) in [6.45, 7) is 3.45. The molecule has 0 saturated carbocycles. The van der Waals surface area contributed by atoms with Crippen molar-refractivity contribution in [2.45, 2.75) is 32.3 Å². The van der Waals surface area contributed by atoms with Crippen molar-refractivity contribution in [3.63, 3.8) is 0 Å². The molecular weight excluding hydrogens is 483 g/mol. The molecular formula is C31H29FN2O4. The number of fused-ring (bicyclic) bond motifs is 1. The monoisotopic (exact) mass is 512 g/mol. The molecule has 1 aliphatic heterocycles. The van der Waals surface area contributed by atoms with Crippen molar-refractivity contribution in [1.29, 1.82) is 0 Å². The van der Waals surface area contributed by atoms with Crippen LogP contribution in [0.3, 0.4) is 0 Å². The van der Waals surface area contributed by atoms with E-state index >= 15 is 4.39 Å². The first-order valence-corrected chi connectivity index (χ1v) is 12.7. The molecule has 6 nitrogen and oxygen atoms in total. The Morgan fingerprint density at radius 2 is 1.92 bits per heavy atom. The molecule has 194 valence electrons. The molecule has 0 spiro atoms. The number of hydrogen-bond acceptors (Lipinski definition) is 4. The molecule has 0 radical (unpaired) electrons. The Morgan fingerprint density at radius 3 is 2.66 bits per heavy atom. The molecule has 5 rings (SSSR count). The lowest BCUT2D eigenvalue weighted by Gasteiger charge is -2.24. The zero-order chi connectivity index (χ0) is 26.5. The summed E-state index contributed by atoms with van der Waals surface area (Å²) in [7, 11) is 0. The number of aromatic amines is 1. The van der Waals surface area contributed by atoms with E-state index in [1.807, 2.05) is 54.6 Å². The first-order chi connectivity index (χ1) is 18.5. The summed E-state index contributed by atoms with van der Waals surface area (Å²) in [6.07, 6.45) is 6.60. The van der Waals surface area contributed by atoms with Gasteiger partial charge in [0.25, 0.3) is 0 Å². The Balaban J connectivity index is 1.63. The van der Waals surface area contributed by atoms with Crippen LogP contribution in [-0.2, 0) is 9.53 Å². The second-order valence-corrected chi connectivity index (χ2v) is 9.22. The largest absolute Gasteiger partial charge is 0.490 e. The maximum absolute atomic E-state index is 15.9. The number of nitrogens with one attached hydrogen (secondary N) is 1. The molecule has 0 unspecified atom stereocenters. The Morgan fingerprint density at radius 1 is 1.13 bits per heavy atom. The number of benzene rings is 3. The number of carboxylic acid groups (broad SMARTS) is 1. The summed E-state index contributed by atoms with van der Waals surface area (Å²) in [5.74, 6) is -0.581. The Hall–Kier alpha value is -4.23. The van der Waals surface area contributed by atoms with Crippen molar-refractivity contribution in [3.05, 3.63) is 101 Å². The van der Waals surface area contributed by atoms with Crippen LogP contribution >= 0.6 is 0 Å². The number of nitrogens with zero attached hydrogens (tertiary/aromatic N) is 1. The summed E-state index contributed by atoms with van der Waals surface area (Å²) >= 11 is 0. The van der Waals surface area contributed by atoms with Crippen LogP contribution in [0.5, 0.6) is 5.75 Å². The predicted octanol–water partition coefficient (Wildman–Crippen LogP) is 6.73. The van der Waals surface area contributed by atoms with Gasteiger partial charge in [0.15, 0.2) is 0 Å². The number of H-pyrrole nitrogens is 1. The van der Waals surface area contributed by atoms with Crippen molar-refractivity contribution in [3.8, 4) is 5.75 Å². The van der Waals surface area contributed by atoms with E-state index in [2.05, 4.69) is 17.1 Å². The first kappa shape index (κ1) is 25.4. The number of rotatable bonds is 8. The maximum atomic E-state index is 15.9. The molecule has 1 aromatic heterocycles. The highest BCUT2D eigenvalue weighted by atomic mass is 19.1. The lowest BCUT2D eigenvalue weighted by Crippen LogP contribution is -2.25. The average Bonchev–Trinajstić information content (AvgIpc) is 3.42. The third kappa shape index (κ3) is 5.53. The molecule has 0 aliphatic carbocycles. The van der Waals surface area contributed by atoms with E-state index in [0.717, 1.165) is 52.5 Å². The normalized spacial score (nSPS) is 15.1. The van der Waals surface area contributed by atoms with Gasteiger partial charge in [0.2, 0.25) is 0 Å². The van der Waals surface area contributed by atoms with Crippen LogP contribution in [0, 0.1) is 5.82 Å². The fourth-order valence-corrected chi connectivity index (χ4v) is 4.87. The van der Waals surface area contributed by atoms with Gasteiger partial charge in [-0.05, 0) is 64.6 Å². The topological polar surface area (TPSA) is 84.4 Å². The number of aliphatic carboxylic acids is 1. The third-order valence-electron chi connectivity index (χ3n) is 6.75. The standard InChI is InChI=1S/C31H29FN2O4/c1-2-25(22-4-3-5-24(18-22)38-23-14-16-37-17-15-23)30(21-9-6-20(7-10-21)8-13-29(35)36)26-11-12-28-27(31(26)32)19-33-34-28/h3-13,18-19,23H,2,14-17H2,1H3,(H,33,34)(H,35,36)/b13-8+,30-25+. The van der Waals surface area contributed by atoms with E-state index in [1.54, 1.807) is 6.07 Å². The van der Waals surface area contributed by atoms with Crippen molar-refractivity contribution in [1.82, 2.24) is 10.2 Å². The molecule has 0 atom stereocenters. The quantitative estimate of drug-likeness (QED) is 0.202. The maximum Gasteiger partial charge on any atom is 0.328 e. The minimum atomic E-state index is -1.01. The number of ether oxygens (including phenoxy) is 2. The summed E-state index contributed by atoms with van der Waals surface area (Å²) in [4.78, 5) is 10.9. The second-order valence-electron chi connectivity index (χ2n) is 9.22. The smallest absolute Gasteiger partial charge is 0.328 e. The van der Waals surface area contributed by atoms with Crippen LogP contribution in [0.1, 0.15) is 48.4 Å². The number of halogens is 1. The molecule has 2 N–H and O–H groups in total. The van der Waals surface area contributed by atoms with E-state index in [1.165, 1.54) is 12.3 Å². The van der Waals surface area contributed by atoms with Gasteiger partial charge >= 0.3 is 5.97 Å². The Labute approximate surface area is 220 Å². The van der Waals surface area contributed by atoms with Crippen molar-refractivity contribution >= 4 is 34.1 Å². The minimum absolute atomic E-state index is 0.111. The molecule has 1 fully saturated rings. The van der Waals surface area contributed by atoms with Crippen LogP contribution in [-0.4, -0.2) is 40.6 Å². The van der Waals surface area contributed by atoms with Crippen molar-refractivity contribution in [2.75, 3.05) is 13.2 Å². The van der Waals surface area contributed by atoms with Gasteiger partial charge in [-0.3, -0.25) is 5.10 Å². The molecule has 4 aromatic rings. The number of allylic oxidation sites excluding steroid dienone is 1. The van der Waals surface area contributed by atoms with Crippen LogP contribution in [0.15, 0.2) is 72.9 Å². The number of carboxylic acids is 1. The molecule has 1 saturated heterocycles. The molecule has 7 heteroatoms. The van der Waals surface area contributed by atoms with Gasteiger partial charge in [0.1, 0.15) is 17.7 Å². The highest BCUT2D eigenvalue weighted by Gasteiger charge is 2.20. The number of carbonyl (C=O) groups is 1. The zero-order valence-corrected chi connectivity index (χ0v) is 21.1. The fourth-order valence-electron chi connectivity index (χ4n) is 4.87. The summed E-state index contributed by atoms with van der Waals surface area (Å²) in [6, 6.07) is 19.0. The van der Waals surface area contributed by atoms with Crippen LogP contribution in [0.2, 0.25) is 0 Å². The van der Waals surface area contributed by atoms with Gasteiger partial charge in [0, 0.05) is 24.5 Å². The highest BCUT2D eigenvalue weighted by molar-refractivity contribution is 6.01. The number of hydrogen-bond donors (Lipinski definition) is 2. The van der Waals surface area contributed by atoms with Gasteiger partial charge in [0.05, 0.1) is 30.3 Å². The number of aromatic nitrogens is 2. The fraction of sp³-hybridized carbons (Fsp3) is 0.226. The lowest BCUT2D eigenvalue weighted by atomic mass is 9.87. The van der Waals surface area contributed by atoms with Gasteiger partial charge in [-0.25, -0.2) is 9.18 Å². The van der Waals surface area contributed by atoms with Crippen LogP contribution < -0.4 is 4.74 Å². The molecule has 3 aromatic carbocycles. The van der Waals surface area contributed by atoms with Gasteiger partial charge in [-0.15, -0.1) is 0 Å². The van der Waals surface area contributed by atoms with Gasteiger partial charge in [-0.1, -0.05) is 43.3 Å². The Kier molecular flexibility index (Phi) is 7.65. The molecule has 38 heavy (non-hydrogen) atoms. The zero-order valence-electron chi connectivity index (χ0n) is 21.1. The second kappa shape index (κ2) is 11.4. The highest BCUT2D eigenvalue weighted by Crippen LogP contribution is 2.38. The van der Waals surface area contributed by atoms with Crippen molar-refractivity contribution < 1.29 is 23.8 Å². The van der Waals surface area contributed by atoms with Crippen LogP contribution in [0.25, 0.3) is 28.1 Å². The van der Waals surface area contributed by atoms with Crippen molar-refractivity contribution in [2.24, 2.45) is 0 Å². The Bertz CT molecular complexity index is 1500. The molecule has 2 heterocycles. The SMILES string of the molecule is CC/C(=C(/c1ccc(/C=C/C(=O)O)cc1)c1ccc2[nH]ncc2c1F)c1cccc(OC2CCOCC2)c1. The predicted molar refractivity (Wildman–Crippen MR) is 146 cm³/mol. The van der Waals surface area contributed by atoms with E-state index in [-0.39, 0.29) is 11.9 Å². The lowest BCUT2D eigenvalue weighted by molar-refractivity contribution is -0.131. The molecule has 0 bridgehead atoms.